The van der Waals surface area contributed by atoms with Crippen molar-refractivity contribution in [3.8, 4) is 0 Å². The van der Waals surface area contributed by atoms with Gasteiger partial charge in [-0.3, -0.25) is 0 Å². The molecule has 0 aromatic heterocycles. The Bertz CT molecular complexity index is 907. The molecule has 1 aliphatic carbocycles. The highest BCUT2D eigenvalue weighted by atomic mass is 32.2. The summed E-state index contributed by atoms with van der Waals surface area (Å²) in [6.07, 6.45) is 6.01. The molecule has 3 N–H and O–H groups in total. The number of hydrogen-bond donors (Lipinski definition) is 3. The van der Waals surface area contributed by atoms with Crippen LogP contribution in [0.25, 0.3) is 0 Å². The highest BCUT2D eigenvalue weighted by Crippen LogP contribution is 2.26. The van der Waals surface area contributed by atoms with Crippen molar-refractivity contribution in [1.29, 1.82) is 0 Å². The second-order valence-electron chi connectivity index (χ2n) is 7.13. The number of hydrogen-bond acceptors (Lipinski definition) is 4. The summed E-state index contributed by atoms with van der Waals surface area (Å²) in [4.78, 5) is 11.7. The Kier molecular flexibility index (Phi) is 6.70. The van der Waals surface area contributed by atoms with Crippen molar-refractivity contribution in [2.24, 2.45) is 0 Å². The predicted molar refractivity (Wildman–Crippen MR) is 109 cm³/mol. The lowest BCUT2D eigenvalue weighted by atomic mass is 9.95. The van der Waals surface area contributed by atoms with Crippen molar-refractivity contribution >= 4 is 21.7 Å². The number of carbonyl (C=O) groups is 1. The molecule has 7 heteroatoms. The molecule has 0 atom stereocenters. The fraction of sp³-hybridized carbons (Fsp3) is 0.381. The first-order valence-electron chi connectivity index (χ1n) is 9.63. The molecular weight excluding hydrogens is 376 g/mol. The lowest BCUT2D eigenvalue weighted by Crippen LogP contribution is -2.27. The van der Waals surface area contributed by atoms with Gasteiger partial charge in [0, 0.05) is 18.3 Å². The minimum Gasteiger partial charge on any atom is -0.478 e. The van der Waals surface area contributed by atoms with E-state index in [1.165, 1.54) is 18.6 Å². The number of aromatic carboxylic acids is 1. The molecule has 1 saturated carbocycles. The van der Waals surface area contributed by atoms with Crippen LogP contribution in [0.4, 0.5) is 5.69 Å². The molecule has 0 spiro atoms. The van der Waals surface area contributed by atoms with Gasteiger partial charge >= 0.3 is 5.97 Å². The molecule has 150 valence electrons. The summed E-state index contributed by atoms with van der Waals surface area (Å²) < 4.78 is 27.7. The third kappa shape index (κ3) is 5.33. The van der Waals surface area contributed by atoms with Gasteiger partial charge in [0.2, 0.25) is 10.0 Å². The first kappa shape index (κ1) is 20.4. The van der Waals surface area contributed by atoms with Crippen LogP contribution in [0.1, 0.15) is 48.0 Å². The molecule has 1 fully saturated rings. The minimum absolute atomic E-state index is 0.0171. The van der Waals surface area contributed by atoms with Gasteiger partial charge in [0.25, 0.3) is 0 Å². The molecule has 0 saturated heterocycles. The third-order valence-electron chi connectivity index (χ3n) is 5.05. The number of rotatable bonds is 8. The molecule has 0 unspecified atom stereocenters. The topological polar surface area (TPSA) is 95.5 Å². The number of sulfonamides is 1. The average molecular weight is 403 g/mol. The summed E-state index contributed by atoms with van der Waals surface area (Å²) in [5.74, 6) is -1.14. The van der Waals surface area contributed by atoms with E-state index in [4.69, 9.17) is 0 Å². The van der Waals surface area contributed by atoms with Gasteiger partial charge in [0.15, 0.2) is 0 Å². The Morgan fingerprint density at radius 3 is 2.43 bits per heavy atom. The molecular formula is C21H26N2O4S. The normalized spacial score (nSPS) is 15.3. The zero-order valence-corrected chi connectivity index (χ0v) is 16.5. The second-order valence-corrected chi connectivity index (χ2v) is 8.89. The molecule has 6 nitrogen and oxygen atoms in total. The molecule has 2 aromatic carbocycles. The average Bonchev–Trinajstić information content (AvgIpc) is 2.69. The van der Waals surface area contributed by atoms with Crippen molar-refractivity contribution in [2.75, 3.05) is 11.9 Å². The van der Waals surface area contributed by atoms with Gasteiger partial charge < -0.3 is 10.4 Å². The molecule has 1 aliphatic rings. The monoisotopic (exact) mass is 402 g/mol. The van der Waals surface area contributed by atoms with Gasteiger partial charge in [-0.05, 0) is 43.0 Å². The highest BCUT2D eigenvalue weighted by molar-refractivity contribution is 7.89. The van der Waals surface area contributed by atoms with Crippen molar-refractivity contribution in [3.05, 3.63) is 59.7 Å². The number of carboxylic acids is 1. The Hall–Kier alpha value is -2.38. The van der Waals surface area contributed by atoms with Crippen molar-refractivity contribution in [2.45, 2.75) is 49.5 Å². The van der Waals surface area contributed by atoms with Crippen LogP contribution >= 0.6 is 0 Å². The number of anilines is 1. The van der Waals surface area contributed by atoms with E-state index in [1.807, 2.05) is 30.3 Å². The zero-order chi connectivity index (χ0) is 20.0. The van der Waals surface area contributed by atoms with E-state index in [-0.39, 0.29) is 23.0 Å². The minimum atomic E-state index is -3.78. The molecule has 0 aliphatic heterocycles. The molecule has 0 amide bonds. The Morgan fingerprint density at radius 1 is 1.04 bits per heavy atom. The number of nitrogens with one attached hydrogen (secondary N) is 2. The maximum Gasteiger partial charge on any atom is 0.337 e. The van der Waals surface area contributed by atoms with E-state index in [0.717, 1.165) is 31.2 Å². The van der Waals surface area contributed by atoms with Crippen LogP contribution < -0.4 is 10.0 Å². The van der Waals surface area contributed by atoms with Crippen LogP contribution in [0.15, 0.2) is 53.4 Å². The molecule has 3 rings (SSSR count). The molecule has 0 heterocycles. The van der Waals surface area contributed by atoms with Crippen molar-refractivity contribution in [3.63, 3.8) is 0 Å². The Labute approximate surface area is 166 Å². The van der Waals surface area contributed by atoms with E-state index in [9.17, 15) is 18.3 Å². The van der Waals surface area contributed by atoms with Gasteiger partial charge in [-0.1, -0.05) is 49.6 Å². The summed E-state index contributed by atoms with van der Waals surface area (Å²) in [5, 5.41) is 12.8. The lowest BCUT2D eigenvalue weighted by Gasteiger charge is -2.24. The number of benzene rings is 2. The fourth-order valence-corrected chi connectivity index (χ4v) is 4.58. The van der Waals surface area contributed by atoms with Crippen LogP contribution in [0, 0.1) is 0 Å². The Balaban J connectivity index is 1.71. The maximum atomic E-state index is 12.6. The quantitative estimate of drug-likeness (QED) is 0.626. The molecule has 0 radical (unpaired) electrons. The fourth-order valence-electron chi connectivity index (χ4n) is 3.52. The van der Waals surface area contributed by atoms with Crippen LogP contribution in [0.3, 0.4) is 0 Å². The Morgan fingerprint density at radius 2 is 1.75 bits per heavy atom. The van der Waals surface area contributed by atoms with E-state index in [1.54, 1.807) is 6.07 Å². The molecule has 28 heavy (non-hydrogen) atoms. The maximum absolute atomic E-state index is 12.6. The van der Waals surface area contributed by atoms with Gasteiger partial charge in [-0.25, -0.2) is 17.9 Å². The summed E-state index contributed by atoms with van der Waals surface area (Å²) in [7, 11) is -3.78. The van der Waals surface area contributed by atoms with Crippen LogP contribution in [0.2, 0.25) is 0 Å². The van der Waals surface area contributed by atoms with Gasteiger partial charge in [-0.15, -0.1) is 0 Å². The van der Waals surface area contributed by atoms with Crippen LogP contribution in [0.5, 0.6) is 0 Å². The van der Waals surface area contributed by atoms with Gasteiger partial charge in [0.1, 0.15) is 0 Å². The smallest absolute Gasteiger partial charge is 0.337 e. The first-order valence-corrected chi connectivity index (χ1v) is 11.1. The number of carboxylic acid groups (broad SMARTS) is 1. The first-order chi connectivity index (χ1) is 13.5. The van der Waals surface area contributed by atoms with E-state index >= 15 is 0 Å². The molecule has 2 aromatic rings. The highest BCUT2D eigenvalue weighted by Gasteiger charge is 2.21. The van der Waals surface area contributed by atoms with Crippen molar-refractivity contribution in [1.82, 2.24) is 4.72 Å². The summed E-state index contributed by atoms with van der Waals surface area (Å²) in [5.41, 5.74) is 1.49. The largest absolute Gasteiger partial charge is 0.478 e. The summed E-state index contributed by atoms with van der Waals surface area (Å²) in [6.45, 7) is 0.247. The lowest BCUT2D eigenvalue weighted by molar-refractivity contribution is 0.0697. The van der Waals surface area contributed by atoms with Crippen LogP contribution in [-0.4, -0.2) is 32.1 Å². The van der Waals surface area contributed by atoms with Gasteiger partial charge in [-0.2, -0.15) is 0 Å². The SMILES string of the molecule is O=C(O)c1cc(S(=O)(=O)NCCc2ccccc2)ccc1NC1CCCCC1. The second kappa shape index (κ2) is 9.21. The zero-order valence-electron chi connectivity index (χ0n) is 15.7. The van der Waals surface area contributed by atoms with E-state index < -0.39 is 16.0 Å². The van der Waals surface area contributed by atoms with E-state index in [2.05, 4.69) is 10.0 Å². The van der Waals surface area contributed by atoms with Gasteiger partial charge in [0.05, 0.1) is 10.5 Å². The summed E-state index contributed by atoms with van der Waals surface area (Å²) >= 11 is 0. The third-order valence-corrected chi connectivity index (χ3v) is 6.50. The van der Waals surface area contributed by atoms with Crippen molar-refractivity contribution < 1.29 is 18.3 Å². The predicted octanol–water partition coefficient (Wildman–Crippen LogP) is 3.65. The standard InChI is InChI=1S/C21H26N2O4S/c24-21(25)19-15-18(11-12-20(19)23-17-9-5-2-6-10-17)28(26,27)22-14-13-16-7-3-1-4-8-16/h1,3-4,7-8,11-12,15,17,22-23H,2,5-6,9-10,13-14H2,(H,24,25). The molecule has 0 bridgehead atoms. The van der Waals surface area contributed by atoms with E-state index in [0.29, 0.717) is 12.1 Å². The summed E-state index contributed by atoms with van der Waals surface area (Å²) in [6, 6.07) is 14.1. The van der Waals surface area contributed by atoms with Crippen LogP contribution in [-0.2, 0) is 16.4 Å².